The zero-order valence-corrected chi connectivity index (χ0v) is 16.6. The molecule has 0 atom stereocenters. The van der Waals surface area contributed by atoms with E-state index >= 15 is 0 Å². The van der Waals surface area contributed by atoms with Crippen molar-refractivity contribution in [1.29, 1.82) is 0 Å². The first-order valence-electron chi connectivity index (χ1n) is 9.46. The minimum atomic E-state index is -3.61. The summed E-state index contributed by atoms with van der Waals surface area (Å²) in [6.07, 6.45) is 1.36. The number of carbonyl (C=O) groups is 1. The SMILES string of the molecule is Cc1cccc(CNC(=O)C2CCN(C3=NS(=O)(=O)c4ccccc43)CC2)c1. The summed E-state index contributed by atoms with van der Waals surface area (Å²) in [6.45, 7) is 3.79. The van der Waals surface area contributed by atoms with Crippen LogP contribution < -0.4 is 5.32 Å². The van der Waals surface area contributed by atoms with Gasteiger partial charge in [-0.3, -0.25) is 4.79 Å². The van der Waals surface area contributed by atoms with Crippen molar-refractivity contribution >= 4 is 21.8 Å². The summed E-state index contributed by atoms with van der Waals surface area (Å²) in [7, 11) is -3.61. The lowest BCUT2D eigenvalue weighted by Crippen LogP contribution is -2.42. The third-order valence-electron chi connectivity index (χ3n) is 5.33. The number of nitrogens with zero attached hydrogens (tertiary/aromatic N) is 2. The molecule has 4 rings (SSSR count). The Hall–Kier alpha value is -2.67. The maximum Gasteiger partial charge on any atom is 0.285 e. The number of hydrogen-bond acceptors (Lipinski definition) is 4. The largest absolute Gasteiger partial charge is 0.355 e. The number of sulfonamides is 1. The lowest BCUT2D eigenvalue weighted by molar-refractivity contribution is -0.126. The van der Waals surface area contributed by atoms with Gasteiger partial charge in [0.2, 0.25) is 5.91 Å². The molecule has 0 aromatic heterocycles. The summed E-state index contributed by atoms with van der Waals surface area (Å²) in [6, 6.07) is 15.0. The quantitative estimate of drug-likeness (QED) is 0.863. The Morgan fingerprint density at radius 2 is 1.89 bits per heavy atom. The molecule has 28 heavy (non-hydrogen) atoms. The summed E-state index contributed by atoms with van der Waals surface area (Å²) < 4.78 is 28.5. The van der Waals surface area contributed by atoms with Crippen LogP contribution in [0.2, 0.25) is 0 Å². The number of carbonyl (C=O) groups excluding carboxylic acids is 1. The molecule has 0 unspecified atom stereocenters. The molecular weight excluding hydrogens is 374 g/mol. The zero-order valence-electron chi connectivity index (χ0n) is 15.8. The van der Waals surface area contributed by atoms with E-state index in [-0.39, 0.29) is 16.7 Å². The normalized spacial score (nSPS) is 18.5. The van der Waals surface area contributed by atoms with Crippen LogP contribution in [0.15, 0.2) is 57.8 Å². The molecule has 2 heterocycles. The summed E-state index contributed by atoms with van der Waals surface area (Å²) in [5.74, 6) is 0.506. The molecule has 2 aliphatic rings. The van der Waals surface area contributed by atoms with Gasteiger partial charge in [0, 0.05) is 31.1 Å². The molecule has 6 nitrogen and oxygen atoms in total. The van der Waals surface area contributed by atoms with E-state index in [9.17, 15) is 13.2 Å². The van der Waals surface area contributed by atoms with E-state index in [4.69, 9.17) is 0 Å². The first-order chi connectivity index (χ1) is 13.4. The van der Waals surface area contributed by atoms with Gasteiger partial charge in [0.15, 0.2) is 5.84 Å². The van der Waals surface area contributed by atoms with E-state index in [0.717, 1.165) is 5.56 Å². The number of benzene rings is 2. The van der Waals surface area contributed by atoms with Gasteiger partial charge in [-0.25, -0.2) is 0 Å². The zero-order chi connectivity index (χ0) is 19.7. The molecule has 0 bridgehead atoms. The summed E-state index contributed by atoms with van der Waals surface area (Å²) in [5.41, 5.74) is 2.92. The number of amidine groups is 1. The molecule has 0 radical (unpaired) electrons. The Morgan fingerprint density at radius 1 is 1.14 bits per heavy atom. The van der Waals surface area contributed by atoms with Crippen LogP contribution in [0.3, 0.4) is 0 Å². The second kappa shape index (κ2) is 7.39. The van der Waals surface area contributed by atoms with E-state index in [2.05, 4.69) is 15.8 Å². The predicted octanol–water partition coefficient (Wildman–Crippen LogP) is 2.47. The smallest absolute Gasteiger partial charge is 0.285 e. The highest BCUT2D eigenvalue weighted by Gasteiger charge is 2.34. The number of nitrogens with one attached hydrogen (secondary N) is 1. The van der Waals surface area contributed by atoms with Crippen LogP contribution in [0.5, 0.6) is 0 Å². The second-order valence-corrected chi connectivity index (χ2v) is 8.93. The number of amides is 1. The van der Waals surface area contributed by atoms with Gasteiger partial charge in [0.1, 0.15) is 4.90 Å². The van der Waals surface area contributed by atoms with Crippen LogP contribution in [0.25, 0.3) is 0 Å². The topological polar surface area (TPSA) is 78.8 Å². The van der Waals surface area contributed by atoms with Crippen LogP contribution in [-0.4, -0.2) is 38.2 Å². The molecular formula is C21H23N3O3S. The number of hydrogen-bond donors (Lipinski definition) is 1. The van der Waals surface area contributed by atoms with Gasteiger partial charge in [0.05, 0.1) is 0 Å². The third kappa shape index (κ3) is 3.67. The highest BCUT2D eigenvalue weighted by atomic mass is 32.2. The van der Waals surface area contributed by atoms with Crippen LogP contribution >= 0.6 is 0 Å². The summed E-state index contributed by atoms with van der Waals surface area (Å²) in [5, 5.41) is 3.03. The lowest BCUT2D eigenvalue weighted by atomic mass is 9.95. The van der Waals surface area contributed by atoms with E-state index in [1.165, 1.54) is 5.56 Å². The molecule has 7 heteroatoms. The van der Waals surface area contributed by atoms with Gasteiger partial charge in [-0.2, -0.15) is 8.42 Å². The molecule has 0 aliphatic carbocycles. The van der Waals surface area contributed by atoms with Crippen LogP contribution in [0.4, 0.5) is 0 Å². The first kappa shape index (κ1) is 18.7. The minimum Gasteiger partial charge on any atom is -0.355 e. The van der Waals surface area contributed by atoms with E-state index in [1.807, 2.05) is 36.1 Å². The molecule has 0 spiro atoms. The molecule has 2 aromatic carbocycles. The van der Waals surface area contributed by atoms with Gasteiger partial charge in [-0.1, -0.05) is 42.0 Å². The second-order valence-electron chi connectivity index (χ2n) is 7.35. The van der Waals surface area contributed by atoms with Gasteiger partial charge >= 0.3 is 0 Å². The monoisotopic (exact) mass is 397 g/mol. The average Bonchev–Trinajstić information content (AvgIpc) is 2.98. The highest BCUT2D eigenvalue weighted by Crippen LogP contribution is 2.29. The fraction of sp³-hybridized carbons (Fsp3) is 0.333. The van der Waals surface area contributed by atoms with Crippen molar-refractivity contribution in [3.8, 4) is 0 Å². The maximum atomic E-state index is 12.5. The number of likely N-dealkylation sites (tertiary alicyclic amines) is 1. The van der Waals surface area contributed by atoms with Crippen LogP contribution in [0, 0.1) is 12.8 Å². The molecule has 1 amide bonds. The van der Waals surface area contributed by atoms with Crippen molar-refractivity contribution in [2.24, 2.45) is 10.3 Å². The van der Waals surface area contributed by atoms with E-state index in [1.54, 1.807) is 18.2 Å². The Balaban J connectivity index is 1.37. The molecule has 2 aromatic rings. The lowest BCUT2D eigenvalue weighted by Gasteiger charge is -2.32. The maximum absolute atomic E-state index is 12.5. The summed E-state index contributed by atoms with van der Waals surface area (Å²) >= 11 is 0. The highest BCUT2D eigenvalue weighted by molar-refractivity contribution is 7.90. The fourth-order valence-electron chi connectivity index (χ4n) is 3.83. The summed E-state index contributed by atoms with van der Waals surface area (Å²) in [4.78, 5) is 14.8. The fourth-order valence-corrected chi connectivity index (χ4v) is 5.05. The van der Waals surface area contributed by atoms with Crippen molar-refractivity contribution in [2.45, 2.75) is 31.2 Å². The van der Waals surface area contributed by atoms with Crippen molar-refractivity contribution in [1.82, 2.24) is 10.2 Å². The first-order valence-corrected chi connectivity index (χ1v) is 10.9. The number of piperidine rings is 1. The predicted molar refractivity (Wildman–Crippen MR) is 107 cm³/mol. The Bertz CT molecular complexity index is 1040. The minimum absolute atomic E-state index is 0.0579. The molecule has 1 fully saturated rings. The van der Waals surface area contributed by atoms with E-state index < -0.39 is 10.0 Å². The van der Waals surface area contributed by atoms with Gasteiger partial charge < -0.3 is 10.2 Å². The number of aryl methyl sites for hydroxylation is 1. The molecule has 1 saturated heterocycles. The van der Waals surface area contributed by atoms with Crippen molar-refractivity contribution in [2.75, 3.05) is 13.1 Å². The van der Waals surface area contributed by atoms with Gasteiger partial charge in [0.25, 0.3) is 10.0 Å². The standard InChI is InChI=1S/C21H23N3O3S/c1-15-5-4-6-16(13-15)14-22-21(25)17-9-11-24(12-10-17)20-18-7-2-3-8-19(18)28(26,27)23-20/h2-8,13,17H,9-12,14H2,1H3,(H,22,25). The van der Waals surface area contributed by atoms with Crippen LogP contribution in [-0.2, 0) is 21.4 Å². The van der Waals surface area contributed by atoms with Gasteiger partial charge in [-0.05, 0) is 37.5 Å². The third-order valence-corrected chi connectivity index (χ3v) is 6.65. The Kier molecular flexibility index (Phi) is 4.93. The van der Waals surface area contributed by atoms with Crippen LogP contribution in [0.1, 0.15) is 29.5 Å². The molecule has 1 N–H and O–H groups in total. The van der Waals surface area contributed by atoms with Gasteiger partial charge in [-0.15, -0.1) is 4.40 Å². The number of fused-ring (bicyclic) bond motifs is 1. The van der Waals surface area contributed by atoms with E-state index in [0.29, 0.717) is 43.9 Å². The van der Waals surface area contributed by atoms with Crippen molar-refractivity contribution in [3.05, 3.63) is 65.2 Å². The molecule has 0 saturated carbocycles. The average molecular weight is 398 g/mol. The number of rotatable bonds is 3. The molecule has 2 aliphatic heterocycles. The molecule has 146 valence electrons. The Morgan fingerprint density at radius 3 is 2.64 bits per heavy atom. The van der Waals surface area contributed by atoms with Crippen molar-refractivity contribution in [3.63, 3.8) is 0 Å². The Labute approximate surface area is 165 Å². The van der Waals surface area contributed by atoms with Crippen molar-refractivity contribution < 1.29 is 13.2 Å².